The second-order valence-electron chi connectivity index (χ2n) is 3.99. The molecule has 1 aromatic heterocycles. The molecule has 0 fully saturated rings. The number of fused-ring (bicyclic) bond motifs is 1. The summed E-state index contributed by atoms with van der Waals surface area (Å²) in [4.78, 5) is 2.34. The Bertz CT molecular complexity index is 433. The van der Waals surface area contributed by atoms with Crippen LogP contribution in [0.3, 0.4) is 0 Å². The quantitative estimate of drug-likeness (QED) is 0.827. The van der Waals surface area contributed by atoms with Crippen molar-refractivity contribution in [2.45, 2.75) is 19.9 Å². The summed E-state index contributed by atoms with van der Waals surface area (Å²) < 4.78 is 0. The van der Waals surface area contributed by atoms with Gasteiger partial charge in [0.15, 0.2) is 0 Å². The monoisotopic (exact) mass is 203 g/mol. The Morgan fingerprint density at radius 2 is 2.27 bits per heavy atom. The summed E-state index contributed by atoms with van der Waals surface area (Å²) >= 11 is 0. The summed E-state index contributed by atoms with van der Waals surface area (Å²) in [7, 11) is 2.16. The maximum atomic E-state index is 4.07. The molecule has 3 heteroatoms. The molecule has 0 atom stereocenters. The Labute approximate surface area is 90.1 Å². The lowest BCUT2D eigenvalue weighted by Crippen LogP contribution is -2.18. The molecule has 1 aromatic carbocycles. The predicted molar refractivity (Wildman–Crippen MR) is 62.7 cm³/mol. The zero-order valence-electron chi connectivity index (χ0n) is 9.33. The van der Waals surface area contributed by atoms with Crippen LogP contribution in [-0.4, -0.2) is 28.7 Å². The Kier molecular flexibility index (Phi) is 3.02. The van der Waals surface area contributed by atoms with Crippen molar-refractivity contribution in [1.82, 2.24) is 15.1 Å². The van der Waals surface area contributed by atoms with Gasteiger partial charge in [-0.1, -0.05) is 19.1 Å². The zero-order valence-corrected chi connectivity index (χ0v) is 9.33. The summed E-state index contributed by atoms with van der Waals surface area (Å²) in [6, 6.07) is 6.31. The van der Waals surface area contributed by atoms with Crippen molar-refractivity contribution in [1.29, 1.82) is 0 Å². The number of aromatic amines is 1. The Hall–Kier alpha value is -1.35. The third-order valence-electron chi connectivity index (χ3n) is 2.62. The third kappa shape index (κ3) is 2.18. The molecule has 1 heterocycles. The van der Waals surface area contributed by atoms with E-state index in [4.69, 9.17) is 0 Å². The van der Waals surface area contributed by atoms with E-state index in [-0.39, 0.29) is 0 Å². The van der Waals surface area contributed by atoms with Gasteiger partial charge in [0.1, 0.15) is 0 Å². The highest BCUT2D eigenvalue weighted by molar-refractivity contribution is 5.81. The van der Waals surface area contributed by atoms with E-state index in [2.05, 4.69) is 47.3 Å². The fourth-order valence-corrected chi connectivity index (χ4v) is 1.92. The topological polar surface area (TPSA) is 31.9 Å². The van der Waals surface area contributed by atoms with Gasteiger partial charge in [0.2, 0.25) is 0 Å². The molecule has 80 valence electrons. The van der Waals surface area contributed by atoms with Crippen molar-refractivity contribution in [2.24, 2.45) is 0 Å². The molecule has 0 saturated heterocycles. The van der Waals surface area contributed by atoms with Crippen molar-refractivity contribution in [3.05, 3.63) is 30.0 Å². The van der Waals surface area contributed by atoms with Crippen LogP contribution in [0.5, 0.6) is 0 Å². The highest BCUT2D eigenvalue weighted by Crippen LogP contribution is 2.17. The molecule has 0 bridgehead atoms. The van der Waals surface area contributed by atoms with Crippen LogP contribution in [0, 0.1) is 0 Å². The first-order valence-corrected chi connectivity index (χ1v) is 5.40. The van der Waals surface area contributed by atoms with Crippen LogP contribution in [0.15, 0.2) is 24.4 Å². The van der Waals surface area contributed by atoms with E-state index in [9.17, 15) is 0 Å². The maximum absolute atomic E-state index is 4.07. The Balaban J connectivity index is 2.23. The summed E-state index contributed by atoms with van der Waals surface area (Å²) in [6.45, 7) is 4.33. The van der Waals surface area contributed by atoms with E-state index in [1.165, 1.54) is 17.4 Å². The zero-order chi connectivity index (χ0) is 10.7. The first kappa shape index (κ1) is 10.2. The van der Waals surface area contributed by atoms with Crippen LogP contribution in [0.25, 0.3) is 10.9 Å². The number of benzene rings is 1. The van der Waals surface area contributed by atoms with Crippen LogP contribution in [0.2, 0.25) is 0 Å². The number of aromatic nitrogens is 2. The number of H-pyrrole nitrogens is 1. The second-order valence-corrected chi connectivity index (χ2v) is 3.99. The fraction of sp³-hybridized carbons (Fsp3) is 0.417. The van der Waals surface area contributed by atoms with Crippen molar-refractivity contribution in [3.8, 4) is 0 Å². The second kappa shape index (κ2) is 4.45. The Morgan fingerprint density at radius 3 is 3.07 bits per heavy atom. The lowest BCUT2D eigenvalue weighted by Gasteiger charge is -2.15. The Morgan fingerprint density at radius 1 is 1.40 bits per heavy atom. The third-order valence-corrected chi connectivity index (χ3v) is 2.62. The van der Waals surface area contributed by atoms with Crippen LogP contribution >= 0.6 is 0 Å². The van der Waals surface area contributed by atoms with Gasteiger partial charge in [-0.05, 0) is 31.6 Å². The lowest BCUT2D eigenvalue weighted by atomic mass is 10.1. The predicted octanol–water partition coefficient (Wildman–Crippen LogP) is 2.40. The van der Waals surface area contributed by atoms with Crippen LogP contribution in [-0.2, 0) is 6.54 Å². The van der Waals surface area contributed by atoms with E-state index >= 15 is 0 Å². The van der Waals surface area contributed by atoms with Gasteiger partial charge in [0, 0.05) is 11.9 Å². The molecule has 0 unspecified atom stereocenters. The van der Waals surface area contributed by atoms with E-state index < -0.39 is 0 Å². The van der Waals surface area contributed by atoms with Crippen LogP contribution < -0.4 is 0 Å². The summed E-state index contributed by atoms with van der Waals surface area (Å²) in [6.07, 6.45) is 3.10. The van der Waals surface area contributed by atoms with Crippen molar-refractivity contribution in [3.63, 3.8) is 0 Å². The van der Waals surface area contributed by atoms with Gasteiger partial charge >= 0.3 is 0 Å². The molecule has 2 aromatic rings. The molecule has 0 spiro atoms. The van der Waals surface area contributed by atoms with Crippen molar-refractivity contribution < 1.29 is 0 Å². The van der Waals surface area contributed by atoms with Gasteiger partial charge in [-0.25, -0.2) is 0 Å². The van der Waals surface area contributed by atoms with Gasteiger partial charge in [-0.15, -0.1) is 0 Å². The molecule has 0 radical (unpaired) electrons. The van der Waals surface area contributed by atoms with E-state index in [0.29, 0.717) is 0 Å². The average Bonchev–Trinajstić information content (AvgIpc) is 2.67. The average molecular weight is 203 g/mol. The number of hydrogen-bond donors (Lipinski definition) is 1. The molecule has 15 heavy (non-hydrogen) atoms. The minimum Gasteiger partial charge on any atom is -0.302 e. The maximum Gasteiger partial charge on any atom is 0.0653 e. The first-order chi connectivity index (χ1) is 7.31. The standard InChI is InChI=1S/C12H17N3/c1-3-7-15(2)9-10-5-4-6-12-11(10)8-13-14-12/h4-6,8H,3,7,9H2,1-2H3,(H,13,14). The smallest absolute Gasteiger partial charge is 0.0653 e. The van der Waals surface area contributed by atoms with Crippen molar-refractivity contribution >= 4 is 10.9 Å². The summed E-state index contributed by atoms with van der Waals surface area (Å²) in [5, 5.41) is 8.30. The molecule has 1 N–H and O–H groups in total. The molecular formula is C12H17N3. The van der Waals surface area contributed by atoms with Gasteiger partial charge in [0.25, 0.3) is 0 Å². The largest absolute Gasteiger partial charge is 0.302 e. The highest BCUT2D eigenvalue weighted by atomic mass is 15.1. The van der Waals surface area contributed by atoms with Gasteiger partial charge in [-0.2, -0.15) is 5.10 Å². The number of hydrogen-bond acceptors (Lipinski definition) is 2. The molecular weight excluding hydrogens is 186 g/mol. The normalized spacial score (nSPS) is 11.4. The summed E-state index contributed by atoms with van der Waals surface area (Å²) in [5.41, 5.74) is 2.47. The minimum absolute atomic E-state index is 0.991. The van der Waals surface area contributed by atoms with Gasteiger partial charge < -0.3 is 4.90 Å². The number of rotatable bonds is 4. The molecule has 2 rings (SSSR count). The minimum atomic E-state index is 0.991. The molecule has 0 aliphatic rings. The van der Waals surface area contributed by atoms with E-state index in [0.717, 1.165) is 18.6 Å². The fourth-order valence-electron chi connectivity index (χ4n) is 1.92. The number of nitrogens with zero attached hydrogens (tertiary/aromatic N) is 2. The number of nitrogens with one attached hydrogen (secondary N) is 1. The van der Waals surface area contributed by atoms with Crippen molar-refractivity contribution in [2.75, 3.05) is 13.6 Å². The molecule has 0 aliphatic carbocycles. The summed E-state index contributed by atoms with van der Waals surface area (Å²) in [5.74, 6) is 0. The lowest BCUT2D eigenvalue weighted by molar-refractivity contribution is 0.329. The van der Waals surface area contributed by atoms with Crippen LogP contribution in [0.4, 0.5) is 0 Å². The molecule has 0 amide bonds. The SMILES string of the molecule is CCCN(C)Cc1cccc2[nH]ncc12. The van der Waals surface area contributed by atoms with E-state index in [1.54, 1.807) is 0 Å². The van der Waals surface area contributed by atoms with Gasteiger partial charge in [0.05, 0.1) is 11.7 Å². The highest BCUT2D eigenvalue weighted by Gasteiger charge is 2.04. The van der Waals surface area contributed by atoms with E-state index in [1.807, 2.05) is 6.20 Å². The molecule has 3 nitrogen and oxygen atoms in total. The van der Waals surface area contributed by atoms with Crippen LogP contribution in [0.1, 0.15) is 18.9 Å². The molecule has 0 saturated carbocycles. The molecule has 0 aliphatic heterocycles. The first-order valence-electron chi connectivity index (χ1n) is 5.40. The van der Waals surface area contributed by atoms with Gasteiger partial charge in [-0.3, -0.25) is 5.10 Å².